The number of fused-ring (bicyclic) bond motifs is 1. The molecule has 22 heavy (non-hydrogen) atoms. The van der Waals surface area contributed by atoms with E-state index in [4.69, 9.17) is 0 Å². The highest BCUT2D eigenvalue weighted by Crippen LogP contribution is 2.04. The largest absolute Gasteiger partial charge is 0.353 e. The minimum absolute atomic E-state index is 0.0666. The Morgan fingerprint density at radius 3 is 2.91 bits per heavy atom. The molecule has 1 N–H and O–H groups in total. The predicted octanol–water partition coefficient (Wildman–Crippen LogP) is -0.860. The van der Waals surface area contributed by atoms with E-state index in [1.54, 1.807) is 24.3 Å². The van der Waals surface area contributed by atoms with Crippen LogP contribution in [-0.2, 0) is 16.1 Å². The van der Waals surface area contributed by atoms with Gasteiger partial charge >= 0.3 is 0 Å². The molecular formula is C14H15N5O3. The van der Waals surface area contributed by atoms with E-state index >= 15 is 0 Å². The van der Waals surface area contributed by atoms with Gasteiger partial charge in [0.2, 0.25) is 11.8 Å². The molecule has 0 bridgehead atoms. The maximum atomic E-state index is 12.2. The fourth-order valence-corrected chi connectivity index (χ4v) is 2.38. The highest BCUT2D eigenvalue weighted by molar-refractivity contribution is 5.85. The van der Waals surface area contributed by atoms with Crippen LogP contribution in [0.2, 0.25) is 0 Å². The van der Waals surface area contributed by atoms with E-state index in [9.17, 15) is 14.4 Å². The van der Waals surface area contributed by atoms with Crippen LogP contribution in [-0.4, -0.2) is 51.3 Å². The molecule has 2 amide bonds. The average molecular weight is 301 g/mol. The summed E-state index contributed by atoms with van der Waals surface area (Å²) in [5, 5.41) is 10.9. The maximum Gasteiger partial charge on any atom is 0.277 e. The lowest BCUT2D eigenvalue weighted by molar-refractivity contribution is -0.138. The van der Waals surface area contributed by atoms with Gasteiger partial charge in [-0.05, 0) is 12.1 Å². The third-order valence-electron chi connectivity index (χ3n) is 3.56. The van der Waals surface area contributed by atoms with Gasteiger partial charge in [0.05, 0.1) is 18.5 Å². The second-order valence-electron chi connectivity index (χ2n) is 5.05. The molecule has 1 aromatic carbocycles. The van der Waals surface area contributed by atoms with Gasteiger partial charge < -0.3 is 10.2 Å². The van der Waals surface area contributed by atoms with E-state index in [2.05, 4.69) is 15.6 Å². The van der Waals surface area contributed by atoms with Crippen LogP contribution in [0.1, 0.15) is 6.42 Å². The van der Waals surface area contributed by atoms with E-state index in [1.807, 2.05) is 0 Å². The molecule has 1 aliphatic rings. The molecule has 2 aromatic rings. The first-order chi connectivity index (χ1) is 10.6. The maximum absolute atomic E-state index is 12.2. The Bertz CT molecular complexity index is 785. The molecule has 1 aromatic heterocycles. The summed E-state index contributed by atoms with van der Waals surface area (Å²) < 4.78 is 1.18. The van der Waals surface area contributed by atoms with Crippen molar-refractivity contribution in [1.29, 1.82) is 0 Å². The number of carbonyl (C=O) groups is 2. The van der Waals surface area contributed by atoms with E-state index in [0.29, 0.717) is 24.0 Å². The highest BCUT2D eigenvalue weighted by Gasteiger charge is 2.21. The number of nitrogens with zero attached hydrogens (tertiary/aromatic N) is 4. The van der Waals surface area contributed by atoms with Gasteiger partial charge in [0.1, 0.15) is 5.52 Å². The Hall–Kier alpha value is -2.77. The van der Waals surface area contributed by atoms with Crippen molar-refractivity contribution in [3.8, 4) is 0 Å². The van der Waals surface area contributed by atoms with Crippen LogP contribution in [0.4, 0.5) is 0 Å². The summed E-state index contributed by atoms with van der Waals surface area (Å²) in [5.41, 5.74) is 0.262. The molecule has 1 saturated heterocycles. The molecule has 0 radical (unpaired) electrons. The van der Waals surface area contributed by atoms with Crippen molar-refractivity contribution in [3.63, 3.8) is 0 Å². The van der Waals surface area contributed by atoms with E-state index < -0.39 is 0 Å². The average Bonchev–Trinajstić information content (AvgIpc) is 2.54. The monoisotopic (exact) mass is 301 g/mol. The standard InChI is InChI=1S/C14H15N5O3/c20-12-9-18(8-6-15-12)13(21)5-7-19-14(22)10-3-1-2-4-11(10)16-17-19/h1-4H,5-9H2,(H,15,20). The van der Waals surface area contributed by atoms with Crippen molar-refractivity contribution in [2.24, 2.45) is 0 Å². The van der Waals surface area contributed by atoms with Gasteiger partial charge in [-0.15, -0.1) is 5.10 Å². The molecule has 1 fully saturated rings. The Labute approximate surface area is 125 Å². The molecule has 3 rings (SSSR count). The normalized spacial score (nSPS) is 14.9. The Morgan fingerprint density at radius 1 is 1.27 bits per heavy atom. The second kappa shape index (κ2) is 5.92. The predicted molar refractivity (Wildman–Crippen MR) is 78.0 cm³/mol. The molecule has 0 aliphatic carbocycles. The first kappa shape index (κ1) is 14.2. The van der Waals surface area contributed by atoms with Crippen LogP contribution in [0.5, 0.6) is 0 Å². The summed E-state index contributed by atoms with van der Waals surface area (Å²) in [5.74, 6) is -0.334. The van der Waals surface area contributed by atoms with Crippen LogP contribution < -0.4 is 10.9 Å². The molecule has 1 aliphatic heterocycles. The number of piperazine rings is 1. The van der Waals surface area contributed by atoms with Gasteiger partial charge in [0.15, 0.2) is 0 Å². The van der Waals surface area contributed by atoms with Gasteiger partial charge in [-0.25, -0.2) is 4.68 Å². The molecule has 0 spiro atoms. The number of carbonyl (C=O) groups excluding carboxylic acids is 2. The fourth-order valence-electron chi connectivity index (χ4n) is 2.38. The first-order valence-electron chi connectivity index (χ1n) is 7.02. The van der Waals surface area contributed by atoms with Crippen molar-refractivity contribution in [2.75, 3.05) is 19.6 Å². The number of rotatable bonds is 3. The van der Waals surface area contributed by atoms with Crippen molar-refractivity contribution < 1.29 is 9.59 Å². The lowest BCUT2D eigenvalue weighted by atomic mass is 10.2. The summed E-state index contributed by atoms with van der Waals surface area (Å²) in [7, 11) is 0. The van der Waals surface area contributed by atoms with Crippen LogP contribution in [0.15, 0.2) is 29.1 Å². The van der Waals surface area contributed by atoms with Gasteiger partial charge in [-0.3, -0.25) is 14.4 Å². The van der Waals surface area contributed by atoms with Crippen molar-refractivity contribution in [1.82, 2.24) is 25.2 Å². The van der Waals surface area contributed by atoms with Gasteiger partial charge in [-0.1, -0.05) is 17.3 Å². The summed E-state index contributed by atoms with van der Waals surface area (Å²) in [6, 6.07) is 6.93. The molecule has 114 valence electrons. The van der Waals surface area contributed by atoms with Crippen LogP contribution in [0.3, 0.4) is 0 Å². The molecule has 8 nitrogen and oxygen atoms in total. The van der Waals surface area contributed by atoms with Crippen LogP contribution >= 0.6 is 0 Å². The summed E-state index contributed by atoms with van der Waals surface area (Å²) in [4.78, 5) is 37.1. The fraction of sp³-hybridized carbons (Fsp3) is 0.357. The summed E-state index contributed by atoms with van der Waals surface area (Å²) in [6.45, 7) is 1.16. The smallest absolute Gasteiger partial charge is 0.277 e. The number of nitrogens with one attached hydrogen (secondary N) is 1. The molecular weight excluding hydrogens is 286 g/mol. The minimum atomic E-state index is -0.269. The van der Waals surface area contributed by atoms with E-state index in [-0.39, 0.29) is 36.9 Å². The second-order valence-corrected chi connectivity index (χ2v) is 5.05. The van der Waals surface area contributed by atoms with Crippen molar-refractivity contribution in [3.05, 3.63) is 34.6 Å². The molecule has 0 unspecified atom stereocenters. The Balaban J connectivity index is 1.71. The number of hydrogen-bond acceptors (Lipinski definition) is 5. The number of aryl methyl sites for hydroxylation is 1. The quantitative estimate of drug-likeness (QED) is 0.795. The number of hydrogen-bond donors (Lipinski definition) is 1. The minimum Gasteiger partial charge on any atom is -0.353 e. The van der Waals surface area contributed by atoms with E-state index in [0.717, 1.165) is 0 Å². The first-order valence-corrected chi connectivity index (χ1v) is 7.02. The number of aromatic nitrogens is 3. The zero-order valence-electron chi connectivity index (χ0n) is 11.9. The summed E-state index contributed by atoms with van der Waals surface area (Å²) >= 11 is 0. The van der Waals surface area contributed by atoms with E-state index in [1.165, 1.54) is 9.58 Å². The highest BCUT2D eigenvalue weighted by atomic mass is 16.2. The third kappa shape index (κ3) is 2.80. The van der Waals surface area contributed by atoms with Crippen molar-refractivity contribution in [2.45, 2.75) is 13.0 Å². The summed E-state index contributed by atoms with van der Waals surface area (Å²) in [6.07, 6.45) is 0.111. The SMILES string of the molecule is O=C1CN(C(=O)CCn2nnc3ccccc3c2=O)CCN1. The number of amides is 2. The Morgan fingerprint density at radius 2 is 2.09 bits per heavy atom. The molecule has 0 saturated carbocycles. The van der Waals surface area contributed by atoms with Gasteiger partial charge in [0.25, 0.3) is 5.56 Å². The number of benzene rings is 1. The topological polar surface area (TPSA) is 97.2 Å². The van der Waals surface area contributed by atoms with Crippen LogP contribution in [0, 0.1) is 0 Å². The molecule has 8 heteroatoms. The lowest BCUT2D eigenvalue weighted by Gasteiger charge is -2.26. The van der Waals surface area contributed by atoms with Crippen LogP contribution in [0.25, 0.3) is 10.9 Å². The van der Waals surface area contributed by atoms with Gasteiger partial charge in [0, 0.05) is 19.5 Å². The molecule has 2 heterocycles. The third-order valence-corrected chi connectivity index (χ3v) is 3.56. The Kier molecular flexibility index (Phi) is 3.82. The zero-order valence-corrected chi connectivity index (χ0v) is 11.9. The molecule has 0 atom stereocenters. The lowest BCUT2D eigenvalue weighted by Crippen LogP contribution is -2.50. The van der Waals surface area contributed by atoms with Crippen molar-refractivity contribution >= 4 is 22.7 Å². The zero-order chi connectivity index (χ0) is 15.5. The van der Waals surface area contributed by atoms with Gasteiger partial charge in [-0.2, -0.15) is 0 Å².